The standard InChI is InChI=1S/C38H42N4O4S/c1-38(2,3)47(45)42-26-30-24-33(37(44)39-25-28-16-18-32(19-17-28)46-31-14-7-6-8-15-31)40-36(35(30)34(42)20-22-43)29-13-9-11-27(23-29)12-10-21-41(4)5/h6-9,11,13-19,23-24,34,43H,20-22,25-26H2,1-5H3,(H,39,44)/t34-,47?/m1/s1. The molecule has 2 N–H and O–H groups in total. The number of aliphatic hydroxyl groups is 1. The van der Waals surface area contributed by atoms with Gasteiger partial charge in [-0.1, -0.05) is 54.3 Å². The van der Waals surface area contributed by atoms with E-state index in [-0.39, 0.29) is 24.2 Å². The number of carbonyl (C=O) groups is 1. The number of pyridine rings is 1. The highest BCUT2D eigenvalue weighted by atomic mass is 32.2. The van der Waals surface area contributed by atoms with Crippen molar-refractivity contribution in [2.24, 2.45) is 0 Å². The van der Waals surface area contributed by atoms with E-state index >= 15 is 0 Å². The zero-order valence-corrected chi connectivity index (χ0v) is 28.4. The van der Waals surface area contributed by atoms with Crippen LogP contribution in [0, 0.1) is 11.8 Å². The predicted molar refractivity (Wildman–Crippen MR) is 187 cm³/mol. The van der Waals surface area contributed by atoms with Crippen molar-refractivity contribution in [3.05, 3.63) is 113 Å². The number of carbonyl (C=O) groups excluding carboxylic acids is 1. The van der Waals surface area contributed by atoms with Crippen LogP contribution in [-0.2, 0) is 24.1 Å². The summed E-state index contributed by atoms with van der Waals surface area (Å²) in [6, 6.07) is 26.5. The maximum Gasteiger partial charge on any atom is 0.270 e. The molecular formula is C38H42N4O4S. The molecule has 1 aliphatic heterocycles. The second-order valence-electron chi connectivity index (χ2n) is 12.8. The van der Waals surface area contributed by atoms with Crippen molar-refractivity contribution in [2.45, 2.75) is 51.1 Å². The molecule has 1 amide bonds. The van der Waals surface area contributed by atoms with Crippen LogP contribution in [0.3, 0.4) is 0 Å². The highest BCUT2D eigenvalue weighted by molar-refractivity contribution is 7.84. The van der Waals surface area contributed by atoms with E-state index in [0.717, 1.165) is 33.6 Å². The summed E-state index contributed by atoms with van der Waals surface area (Å²) in [7, 11) is 2.59. The molecule has 2 atom stereocenters. The van der Waals surface area contributed by atoms with E-state index in [1.165, 1.54) is 0 Å². The molecule has 2 heterocycles. The first-order chi connectivity index (χ1) is 22.5. The van der Waals surface area contributed by atoms with Crippen molar-refractivity contribution in [3.8, 4) is 34.6 Å². The number of amides is 1. The number of nitrogens with zero attached hydrogens (tertiary/aromatic N) is 3. The van der Waals surface area contributed by atoms with Crippen molar-refractivity contribution < 1.29 is 18.8 Å². The number of aliphatic hydroxyl groups excluding tert-OH is 1. The van der Waals surface area contributed by atoms with Gasteiger partial charge < -0.3 is 15.2 Å². The molecule has 0 spiro atoms. The molecule has 1 aromatic heterocycles. The highest BCUT2D eigenvalue weighted by Gasteiger charge is 2.40. The fourth-order valence-electron chi connectivity index (χ4n) is 5.42. The summed E-state index contributed by atoms with van der Waals surface area (Å²) in [6.07, 6.45) is 0.390. The lowest BCUT2D eigenvalue weighted by Gasteiger charge is -2.30. The fraction of sp³-hybridized carbons (Fsp3) is 0.316. The predicted octanol–water partition coefficient (Wildman–Crippen LogP) is 6.09. The summed E-state index contributed by atoms with van der Waals surface area (Å²) in [5.74, 6) is 7.55. The normalized spacial score (nSPS) is 15.1. The van der Waals surface area contributed by atoms with Gasteiger partial charge in [-0.25, -0.2) is 13.5 Å². The van der Waals surface area contributed by atoms with Crippen LogP contribution in [0.4, 0.5) is 0 Å². The zero-order chi connectivity index (χ0) is 33.6. The number of benzene rings is 3. The average Bonchev–Trinajstić information content (AvgIpc) is 3.41. The number of aromatic nitrogens is 1. The van der Waals surface area contributed by atoms with Crippen LogP contribution in [0.15, 0.2) is 84.9 Å². The van der Waals surface area contributed by atoms with Crippen LogP contribution in [-0.4, -0.2) is 61.4 Å². The van der Waals surface area contributed by atoms with E-state index in [0.29, 0.717) is 37.5 Å². The summed E-state index contributed by atoms with van der Waals surface area (Å²) in [6.45, 7) is 7.06. The Kier molecular flexibility index (Phi) is 10.9. The quantitative estimate of drug-likeness (QED) is 0.202. The Labute approximate surface area is 280 Å². The number of nitrogens with one attached hydrogen (secondary N) is 1. The third kappa shape index (κ3) is 8.53. The molecule has 0 radical (unpaired) electrons. The number of hydrogen-bond donors (Lipinski definition) is 2. The summed E-state index contributed by atoms with van der Waals surface area (Å²) in [4.78, 5) is 20.6. The minimum Gasteiger partial charge on any atom is -0.457 e. The van der Waals surface area contributed by atoms with Gasteiger partial charge in [0.05, 0.1) is 23.0 Å². The van der Waals surface area contributed by atoms with E-state index in [4.69, 9.17) is 9.72 Å². The van der Waals surface area contributed by atoms with Gasteiger partial charge in [-0.05, 0) is 94.9 Å². The SMILES string of the molecule is CN(C)CC#Cc1cccc(-c2nc(C(=O)NCc3ccc(Oc4ccccc4)cc3)cc3c2[C@@H](CCO)N(S(=O)C(C)(C)C)C3)c1. The topological polar surface area (TPSA) is 95.0 Å². The van der Waals surface area contributed by atoms with Gasteiger partial charge in [-0.15, -0.1) is 0 Å². The lowest BCUT2D eigenvalue weighted by atomic mass is 9.95. The van der Waals surface area contributed by atoms with Crippen LogP contribution in [0.2, 0.25) is 0 Å². The van der Waals surface area contributed by atoms with E-state index in [1.54, 1.807) is 6.07 Å². The first kappa shape index (κ1) is 34.0. The molecule has 0 saturated heterocycles. The molecule has 8 nitrogen and oxygen atoms in total. The summed E-state index contributed by atoms with van der Waals surface area (Å²) >= 11 is 0. The Morgan fingerprint density at radius 2 is 1.77 bits per heavy atom. The van der Waals surface area contributed by atoms with Crippen LogP contribution in [0.25, 0.3) is 11.3 Å². The third-order valence-corrected chi connectivity index (χ3v) is 9.50. The van der Waals surface area contributed by atoms with Crippen molar-refractivity contribution >= 4 is 16.9 Å². The maximum absolute atomic E-state index is 13.7. The molecule has 4 aromatic rings. The van der Waals surface area contributed by atoms with Crippen LogP contribution in [0.1, 0.15) is 66.0 Å². The van der Waals surface area contributed by atoms with E-state index in [1.807, 2.05) is 123 Å². The second kappa shape index (κ2) is 15.1. The molecule has 1 unspecified atom stereocenters. The number of hydrogen-bond acceptors (Lipinski definition) is 6. The van der Waals surface area contributed by atoms with Crippen LogP contribution < -0.4 is 10.1 Å². The van der Waals surface area contributed by atoms with Gasteiger partial charge in [0, 0.05) is 36.4 Å². The Bertz CT molecular complexity index is 1790. The Morgan fingerprint density at radius 3 is 2.45 bits per heavy atom. The van der Waals surface area contributed by atoms with E-state index in [2.05, 4.69) is 17.2 Å². The summed E-state index contributed by atoms with van der Waals surface area (Å²) in [5, 5.41) is 13.1. The molecule has 0 bridgehead atoms. The summed E-state index contributed by atoms with van der Waals surface area (Å²) < 4.78 is 21.0. The van der Waals surface area contributed by atoms with Gasteiger partial charge in [-0.2, -0.15) is 0 Å². The number of fused-ring (bicyclic) bond motifs is 1. The molecule has 9 heteroatoms. The maximum atomic E-state index is 13.7. The van der Waals surface area contributed by atoms with Crippen molar-refractivity contribution in [1.82, 2.24) is 19.5 Å². The molecule has 0 aliphatic carbocycles. The number of para-hydroxylation sites is 1. The van der Waals surface area contributed by atoms with Gasteiger partial charge >= 0.3 is 0 Å². The molecule has 0 saturated carbocycles. The van der Waals surface area contributed by atoms with Gasteiger partial charge in [-0.3, -0.25) is 9.69 Å². The first-order valence-corrected chi connectivity index (χ1v) is 16.8. The Hall–Kier alpha value is -4.33. The van der Waals surface area contributed by atoms with Gasteiger partial charge in [0.2, 0.25) is 0 Å². The lowest BCUT2D eigenvalue weighted by molar-refractivity contribution is 0.0946. The Morgan fingerprint density at radius 1 is 1.04 bits per heavy atom. The molecule has 47 heavy (non-hydrogen) atoms. The zero-order valence-electron chi connectivity index (χ0n) is 27.6. The van der Waals surface area contributed by atoms with Gasteiger partial charge in [0.15, 0.2) is 0 Å². The first-order valence-electron chi connectivity index (χ1n) is 15.7. The molecule has 5 rings (SSSR count). The third-order valence-electron chi connectivity index (χ3n) is 7.64. The molecule has 0 fully saturated rings. The van der Waals surface area contributed by atoms with Gasteiger partial charge in [0.1, 0.15) is 28.2 Å². The van der Waals surface area contributed by atoms with Crippen LogP contribution in [0.5, 0.6) is 11.5 Å². The van der Waals surface area contributed by atoms with Gasteiger partial charge in [0.25, 0.3) is 5.91 Å². The fourth-order valence-corrected chi connectivity index (χ4v) is 6.82. The minimum atomic E-state index is -1.35. The largest absolute Gasteiger partial charge is 0.457 e. The average molecular weight is 651 g/mol. The lowest BCUT2D eigenvalue weighted by Crippen LogP contribution is -2.36. The van der Waals surface area contributed by atoms with Crippen molar-refractivity contribution in [2.75, 3.05) is 27.2 Å². The van der Waals surface area contributed by atoms with Crippen molar-refractivity contribution in [1.29, 1.82) is 0 Å². The summed E-state index contributed by atoms with van der Waals surface area (Å²) in [5.41, 5.74) is 5.24. The van der Waals surface area contributed by atoms with E-state index < -0.39 is 15.7 Å². The monoisotopic (exact) mass is 650 g/mol. The molecule has 3 aromatic carbocycles. The smallest absolute Gasteiger partial charge is 0.270 e. The molecule has 244 valence electrons. The number of ether oxygens (including phenoxy) is 1. The Balaban J connectivity index is 1.45. The van der Waals surface area contributed by atoms with E-state index in [9.17, 15) is 14.1 Å². The molecule has 1 aliphatic rings. The molecular weight excluding hydrogens is 609 g/mol. The van der Waals surface area contributed by atoms with Crippen LogP contribution >= 0.6 is 0 Å². The number of rotatable bonds is 10. The minimum absolute atomic E-state index is 0.0745. The van der Waals surface area contributed by atoms with Crippen molar-refractivity contribution in [3.63, 3.8) is 0 Å². The highest BCUT2D eigenvalue weighted by Crippen LogP contribution is 2.44. The second-order valence-corrected chi connectivity index (χ2v) is 14.9.